The minimum absolute atomic E-state index is 0.221. The summed E-state index contributed by atoms with van der Waals surface area (Å²) in [4.78, 5) is 0. The average Bonchev–Trinajstić information content (AvgIpc) is 2.58. The van der Waals surface area contributed by atoms with Gasteiger partial charge in [0.1, 0.15) is 8.07 Å². The largest absolute Gasteiger partial charge is 0.395 e. The predicted octanol–water partition coefficient (Wildman–Crippen LogP) is 4.75. The average molecular weight is 363 g/mol. The molecule has 0 saturated carbocycles. The fourth-order valence-electron chi connectivity index (χ4n) is 1.28. The summed E-state index contributed by atoms with van der Waals surface area (Å²) >= 11 is 0. The van der Waals surface area contributed by atoms with Crippen LogP contribution in [0.25, 0.3) is 0 Å². The van der Waals surface area contributed by atoms with Gasteiger partial charge in [-0.15, -0.1) is 17.9 Å². The zero-order chi connectivity index (χ0) is 23.1. The molecule has 2 nitrogen and oxygen atoms in total. The van der Waals surface area contributed by atoms with Gasteiger partial charge in [0.25, 0.3) is 0 Å². The maximum absolute atomic E-state index is 9.19. The second-order valence-electron chi connectivity index (χ2n) is 7.88. The summed E-state index contributed by atoms with van der Waals surface area (Å²) in [5.74, 6) is 5.24. The first-order valence-electron chi connectivity index (χ1n) is 10.3. The fraction of sp³-hybridized carbons (Fsp3) is 0.545. The number of benzene rings is 1. The predicted molar refractivity (Wildman–Crippen MR) is 111 cm³/mol. The molecule has 3 heteroatoms. The van der Waals surface area contributed by atoms with Crippen molar-refractivity contribution in [1.29, 1.82) is 0 Å². The van der Waals surface area contributed by atoms with Crippen LogP contribution in [0.1, 0.15) is 38.7 Å². The van der Waals surface area contributed by atoms with E-state index in [1.54, 1.807) is 27.7 Å². The van der Waals surface area contributed by atoms with Crippen molar-refractivity contribution in [3.05, 3.63) is 35.9 Å². The Bertz CT molecular complexity index is 743. The molecule has 138 valence electrons. The van der Waals surface area contributed by atoms with Crippen LogP contribution in [0.4, 0.5) is 0 Å². The molecule has 0 amide bonds. The van der Waals surface area contributed by atoms with Crippen LogP contribution in [0.5, 0.6) is 0 Å². The van der Waals surface area contributed by atoms with Gasteiger partial charge in [-0.3, -0.25) is 0 Å². The number of aliphatic hydroxyl groups is 1. The van der Waals surface area contributed by atoms with Gasteiger partial charge in [-0.25, -0.2) is 0 Å². The summed E-state index contributed by atoms with van der Waals surface area (Å²) < 4.78 is 35.2. The van der Waals surface area contributed by atoms with Crippen molar-refractivity contribution < 1.29 is 15.3 Å². The van der Waals surface area contributed by atoms with Gasteiger partial charge < -0.3 is 9.84 Å². The van der Waals surface area contributed by atoms with Gasteiger partial charge in [-0.1, -0.05) is 55.9 Å². The SMILES string of the molecule is [2H]C([2H])(O)C(C)(C)C#C[Si](C)(C)C.[2H]C([2H])(OCc1ccccc1)C(C)(C)C#C. The molecule has 0 spiro atoms. The van der Waals surface area contributed by atoms with Crippen LogP contribution in [-0.4, -0.2) is 26.3 Å². The lowest BCUT2D eigenvalue weighted by Crippen LogP contribution is -2.20. The second kappa shape index (κ2) is 10.5. The first-order chi connectivity index (χ1) is 12.8. The summed E-state index contributed by atoms with van der Waals surface area (Å²) in [6, 6.07) is 9.46. The van der Waals surface area contributed by atoms with Crippen molar-refractivity contribution in [3.63, 3.8) is 0 Å². The van der Waals surface area contributed by atoms with Crippen molar-refractivity contribution in [2.24, 2.45) is 10.8 Å². The van der Waals surface area contributed by atoms with Crippen molar-refractivity contribution in [3.8, 4) is 23.8 Å². The molecule has 0 fully saturated rings. The number of hydrogen-bond acceptors (Lipinski definition) is 2. The minimum atomic E-state index is -2.24. The van der Waals surface area contributed by atoms with E-state index >= 15 is 0 Å². The van der Waals surface area contributed by atoms with Crippen molar-refractivity contribution in [2.75, 3.05) is 13.1 Å². The zero-order valence-corrected chi connectivity index (χ0v) is 17.5. The second-order valence-corrected chi connectivity index (χ2v) is 12.6. The van der Waals surface area contributed by atoms with Crippen LogP contribution in [-0.2, 0) is 11.3 Å². The maximum atomic E-state index is 9.19. The van der Waals surface area contributed by atoms with Crippen LogP contribution < -0.4 is 0 Å². The molecule has 0 atom stereocenters. The van der Waals surface area contributed by atoms with E-state index in [2.05, 4.69) is 37.0 Å². The molecule has 0 heterocycles. The Labute approximate surface area is 161 Å². The Kier molecular flexibility index (Phi) is 7.08. The number of rotatable bonds is 5. The van der Waals surface area contributed by atoms with Crippen LogP contribution >= 0.6 is 0 Å². The molecule has 0 saturated heterocycles. The molecule has 0 bridgehead atoms. The Morgan fingerprint density at radius 1 is 1.12 bits per heavy atom. The van der Waals surface area contributed by atoms with E-state index in [0.29, 0.717) is 0 Å². The third kappa shape index (κ3) is 13.4. The molecule has 1 aromatic rings. The molecule has 1 aromatic carbocycles. The highest BCUT2D eigenvalue weighted by Crippen LogP contribution is 2.14. The summed E-state index contributed by atoms with van der Waals surface area (Å²) in [6.45, 7) is 8.93. The molecule has 0 radical (unpaired) electrons. The molecule has 0 aliphatic rings. The van der Waals surface area contributed by atoms with Crippen LogP contribution in [0.2, 0.25) is 19.6 Å². The summed E-state index contributed by atoms with van der Waals surface area (Å²) in [7, 11) is -1.48. The lowest BCUT2D eigenvalue weighted by atomic mass is 9.97. The standard InChI is InChI=1S/C13H16O.C9H18OSi/c1-4-13(2,3)11-14-10-12-8-6-5-7-9-12;1-9(2,8-10)6-7-11(3,4)5/h1,5-9H,10-11H2,2-3H3;10H,8H2,1-5H3/i11D2;8D2. The van der Waals surface area contributed by atoms with Crippen molar-refractivity contribution in [2.45, 2.75) is 53.9 Å². The van der Waals surface area contributed by atoms with E-state index < -0.39 is 32.0 Å². The lowest BCUT2D eigenvalue weighted by Gasteiger charge is -2.17. The monoisotopic (exact) mass is 362 g/mol. The Hall–Kier alpha value is -1.52. The number of terminal acetylenes is 1. The minimum Gasteiger partial charge on any atom is -0.395 e. The van der Waals surface area contributed by atoms with Gasteiger partial charge in [0.05, 0.1) is 25.2 Å². The first kappa shape index (κ1) is 16.9. The van der Waals surface area contributed by atoms with Gasteiger partial charge in [0.15, 0.2) is 0 Å². The normalized spacial score (nSPS) is 15.0. The topological polar surface area (TPSA) is 29.5 Å². The molecule has 1 rings (SSSR count). The van der Waals surface area contributed by atoms with E-state index in [1.165, 1.54) is 0 Å². The first-order valence-corrected chi connectivity index (χ1v) is 11.8. The van der Waals surface area contributed by atoms with Crippen LogP contribution in [0.3, 0.4) is 0 Å². The van der Waals surface area contributed by atoms with Crippen LogP contribution in [0, 0.1) is 34.6 Å². The third-order valence-corrected chi connectivity index (χ3v) is 3.67. The fourth-order valence-corrected chi connectivity index (χ4v) is 1.96. The molecule has 0 unspecified atom stereocenters. The molecular formula is C22H34O2Si. The Balaban J connectivity index is 0.000000555. The van der Waals surface area contributed by atoms with Gasteiger partial charge in [-0.05, 0) is 33.3 Å². The highest BCUT2D eigenvalue weighted by molar-refractivity contribution is 6.83. The van der Waals surface area contributed by atoms with E-state index in [9.17, 15) is 5.11 Å². The molecule has 0 aromatic heterocycles. The van der Waals surface area contributed by atoms with Gasteiger partial charge in [-0.2, -0.15) is 0 Å². The third-order valence-electron chi connectivity index (χ3n) is 2.80. The quantitative estimate of drug-likeness (QED) is 0.605. The van der Waals surface area contributed by atoms with E-state index in [4.69, 9.17) is 16.6 Å². The van der Waals surface area contributed by atoms with E-state index in [0.717, 1.165) is 5.56 Å². The number of hydrogen-bond donors (Lipinski definition) is 1. The van der Waals surface area contributed by atoms with Crippen molar-refractivity contribution >= 4 is 8.07 Å². The summed E-state index contributed by atoms with van der Waals surface area (Å²) in [5.41, 5.74) is 2.05. The molecular weight excluding hydrogens is 324 g/mol. The molecule has 1 N–H and O–H groups in total. The van der Waals surface area contributed by atoms with Gasteiger partial charge in [0, 0.05) is 10.8 Å². The van der Waals surface area contributed by atoms with Crippen molar-refractivity contribution in [1.82, 2.24) is 0 Å². The van der Waals surface area contributed by atoms with Crippen LogP contribution in [0.15, 0.2) is 30.3 Å². The highest BCUT2D eigenvalue weighted by Gasteiger charge is 2.14. The summed E-state index contributed by atoms with van der Waals surface area (Å²) in [5, 5.41) is 9.19. The Morgan fingerprint density at radius 3 is 2.12 bits per heavy atom. The highest BCUT2D eigenvalue weighted by atomic mass is 28.3. The van der Waals surface area contributed by atoms with Gasteiger partial charge >= 0.3 is 0 Å². The maximum Gasteiger partial charge on any atom is 0.129 e. The smallest absolute Gasteiger partial charge is 0.129 e. The molecule has 0 aliphatic heterocycles. The summed E-state index contributed by atoms with van der Waals surface area (Å²) in [6.07, 6.45) is 5.29. The van der Waals surface area contributed by atoms with Gasteiger partial charge in [0.2, 0.25) is 0 Å². The Morgan fingerprint density at radius 2 is 1.68 bits per heavy atom. The molecule has 25 heavy (non-hydrogen) atoms. The van der Waals surface area contributed by atoms with E-state index in [-0.39, 0.29) is 6.61 Å². The zero-order valence-electron chi connectivity index (χ0n) is 20.5. The number of ether oxygens (including phenoxy) is 1. The molecule has 0 aliphatic carbocycles. The lowest BCUT2D eigenvalue weighted by molar-refractivity contribution is 0.0754. The van der Waals surface area contributed by atoms with E-state index in [1.807, 2.05) is 30.3 Å².